The number of ether oxygens (including phenoxy) is 1. The molecule has 2 heterocycles. The van der Waals surface area contributed by atoms with Crippen LogP contribution in [0.3, 0.4) is 0 Å². The van der Waals surface area contributed by atoms with Gasteiger partial charge in [0.15, 0.2) is 5.69 Å². The smallest absolute Gasteiger partial charge is 0.434 e. The Balaban J connectivity index is 1.58. The van der Waals surface area contributed by atoms with Gasteiger partial charge in [-0.25, -0.2) is 4.98 Å². The summed E-state index contributed by atoms with van der Waals surface area (Å²) in [5.41, 5.74) is 0.253. The molecule has 1 fully saturated rings. The number of hydrogen-bond donors (Lipinski definition) is 0. The number of rotatable bonds is 4. The number of piperazine rings is 1. The molecule has 1 aliphatic heterocycles. The number of methoxy groups -OCH3 is 1. The molecule has 2 aromatic rings. The summed E-state index contributed by atoms with van der Waals surface area (Å²) in [5, 5.41) is 1.59. The van der Waals surface area contributed by atoms with Crippen molar-refractivity contribution in [3.05, 3.63) is 40.3 Å². The number of alkyl halides is 3. The predicted molar refractivity (Wildman–Crippen MR) is 87.6 cm³/mol. The van der Waals surface area contributed by atoms with Crippen molar-refractivity contribution in [3.8, 4) is 5.75 Å². The minimum atomic E-state index is -4.36. The predicted octanol–water partition coefficient (Wildman–Crippen LogP) is 3.49. The average Bonchev–Trinajstić information content (AvgIpc) is 3.04. The lowest BCUT2D eigenvalue weighted by Gasteiger charge is -2.36. The van der Waals surface area contributed by atoms with Gasteiger partial charge in [-0.05, 0) is 12.1 Å². The summed E-state index contributed by atoms with van der Waals surface area (Å²) >= 11 is 1.07. The van der Waals surface area contributed by atoms with Gasteiger partial charge in [0.1, 0.15) is 10.8 Å². The molecule has 3 rings (SSSR count). The molecule has 1 aliphatic rings. The quantitative estimate of drug-likeness (QED) is 0.838. The summed E-state index contributed by atoms with van der Waals surface area (Å²) in [6.45, 7) is 3.62. The van der Waals surface area contributed by atoms with Crippen LogP contribution in [0.4, 0.5) is 18.9 Å². The van der Waals surface area contributed by atoms with Gasteiger partial charge in [0.2, 0.25) is 0 Å². The van der Waals surface area contributed by atoms with Gasteiger partial charge in [0.25, 0.3) is 0 Å². The minimum Gasteiger partial charge on any atom is -0.495 e. The van der Waals surface area contributed by atoms with Crippen molar-refractivity contribution in [2.24, 2.45) is 0 Å². The summed E-state index contributed by atoms with van der Waals surface area (Å²) in [6, 6.07) is 7.85. The van der Waals surface area contributed by atoms with E-state index in [0.717, 1.165) is 54.3 Å². The Hall–Kier alpha value is -1.80. The average molecular weight is 357 g/mol. The Labute approximate surface area is 142 Å². The van der Waals surface area contributed by atoms with E-state index in [2.05, 4.69) is 14.8 Å². The van der Waals surface area contributed by atoms with Gasteiger partial charge in [-0.1, -0.05) is 12.1 Å². The molecule has 24 heavy (non-hydrogen) atoms. The lowest BCUT2D eigenvalue weighted by molar-refractivity contribution is -0.140. The highest BCUT2D eigenvalue weighted by molar-refractivity contribution is 7.09. The first-order valence-electron chi connectivity index (χ1n) is 7.59. The fourth-order valence-electron chi connectivity index (χ4n) is 2.74. The lowest BCUT2D eigenvalue weighted by Crippen LogP contribution is -2.46. The molecule has 0 amide bonds. The second-order valence-corrected chi connectivity index (χ2v) is 6.50. The van der Waals surface area contributed by atoms with Gasteiger partial charge in [-0.3, -0.25) is 4.90 Å². The highest BCUT2D eigenvalue weighted by Gasteiger charge is 2.34. The van der Waals surface area contributed by atoms with E-state index in [-0.39, 0.29) is 0 Å². The maximum atomic E-state index is 12.6. The zero-order chi connectivity index (χ0) is 17.2. The SMILES string of the molecule is COc1ccccc1N1CCN(Cc2nc(C(F)(F)F)cs2)CC1. The fraction of sp³-hybridized carbons (Fsp3) is 0.438. The van der Waals surface area contributed by atoms with Crippen LogP contribution in [-0.4, -0.2) is 43.2 Å². The molecule has 0 radical (unpaired) electrons. The molecule has 0 aliphatic carbocycles. The molecule has 1 aromatic carbocycles. The van der Waals surface area contributed by atoms with Gasteiger partial charge in [-0.15, -0.1) is 11.3 Å². The van der Waals surface area contributed by atoms with Gasteiger partial charge in [0, 0.05) is 31.6 Å². The molecule has 130 valence electrons. The summed E-state index contributed by atoms with van der Waals surface area (Å²) in [4.78, 5) is 8.06. The van der Waals surface area contributed by atoms with Crippen molar-refractivity contribution in [2.75, 3.05) is 38.2 Å². The molecular formula is C16H18F3N3OS. The van der Waals surface area contributed by atoms with E-state index in [4.69, 9.17) is 4.74 Å². The van der Waals surface area contributed by atoms with E-state index in [1.165, 1.54) is 0 Å². The molecule has 0 atom stereocenters. The van der Waals surface area contributed by atoms with Crippen molar-refractivity contribution in [1.29, 1.82) is 0 Å². The number of thiazole rings is 1. The van der Waals surface area contributed by atoms with Crippen LogP contribution in [0, 0.1) is 0 Å². The third-order valence-corrected chi connectivity index (χ3v) is 4.83. The Morgan fingerprint density at radius 3 is 2.50 bits per heavy atom. The lowest BCUT2D eigenvalue weighted by atomic mass is 10.2. The third-order valence-electron chi connectivity index (χ3n) is 4.00. The van der Waals surface area contributed by atoms with E-state index < -0.39 is 11.9 Å². The van der Waals surface area contributed by atoms with E-state index in [9.17, 15) is 13.2 Å². The van der Waals surface area contributed by atoms with Crippen molar-refractivity contribution in [1.82, 2.24) is 9.88 Å². The van der Waals surface area contributed by atoms with E-state index in [1.807, 2.05) is 24.3 Å². The summed E-state index contributed by atoms with van der Waals surface area (Å²) < 4.78 is 43.2. The van der Waals surface area contributed by atoms with Crippen LogP contribution in [0.5, 0.6) is 5.75 Å². The van der Waals surface area contributed by atoms with Gasteiger partial charge in [0.05, 0.1) is 19.3 Å². The number of halogens is 3. The van der Waals surface area contributed by atoms with Crippen LogP contribution in [0.1, 0.15) is 10.7 Å². The van der Waals surface area contributed by atoms with Gasteiger partial charge < -0.3 is 9.64 Å². The van der Waals surface area contributed by atoms with E-state index in [1.54, 1.807) is 7.11 Å². The number of aromatic nitrogens is 1. The first-order chi connectivity index (χ1) is 11.5. The number of nitrogens with zero attached hydrogens (tertiary/aromatic N) is 3. The second kappa shape index (κ2) is 6.98. The first-order valence-corrected chi connectivity index (χ1v) is 8.47. The molecule has 4 nitrogen and oxygen atoms in total. The Morgan fingerprint density at radius 2 is 1.88 bits per heavy atom. The maximum absolute atomic E-state index is 12.6. The van der Waals surface area contributed by atoms with Crippen LogP contribution < -0.4 is 9.64 Å². The molecule has 0 saturated carbocycles. The monoisotopic (exact) mass is 357 g/mol. The van der Waals surface area contributed by atoms with Crippen molar-refractivity contribution in [2.45, 2.75) is 12.7 Å². The molecule has 8 heteroatoms. The van der Waals surface area contributed by atoms with Crippen molar-refractivity contribution in [3.63, 3.8) is 0 Å². The van der Waals surface area contributed by atoms with Crippen LogP contribution >= 0.6 is 11.3 Å². The Bertz CT molecular complexity index is 681. The van der Waals surface area contributed by atoms with Gasteiger partial charge in [-0.2, -0.15) is 13.2 Å². The maximum Gasteiger partial charge on any atom is 0.434 e. The molecule has 0 spiro atoms. The molecule has 0 bridgehead atoms. The van der Waals surface area contributed by atoms with E-state index in [0.29, 0.717) is 11.6 Å². The van der Waals surface area contributed by atoms with Crippen molar-refractivity contribution < 1.29 is 17.9 Å². The molecule has 1 aromatic heterocycles. The summed E-state index contributed by atoms with van der Waals surface area (Å²) in [5.74, 6) is 0.834. The number of hydrogen-bond acceptors (Lipinski definition) is 5. The highest BCUT2D eigenvalue weighted by atomic mass is 32.1. The van der Waals surface area contributed by atoms with Crippen LogP contribution in [0.2, 0.25) is 0 Å². The topological polar surface area (TPSA) is 28.6 Å². The zero-order valence-electron chi connectivity index (χ0n) is 13.2. The Kier molecular flexibility index (Phi) is 4.96. The van der Waals surface area contributed by atoms with Crippen molar-refractivity contribution >= 4 is 17.0 Å². The first kappa shape index (κ1) is 17.0. The Morgan fingerprint density at radius 1 is 1.17 bits per heavy atom. The third kappa shape index (κ3) is 3.81. The largest absolute Gasteiger partial charge is 0.495 e. The molecular weight excluding hydrogens is 339 g/mol. The molecule has 0 unspecified atom stereocenters. The highest BCUT2D eigenvalue weighted by Crippen LogP contribution is 2.31. The van der Waals surface area contributed by atoms with Crippen LogP contribution in [-0.2, 0) is 12.7 Å². The van der Waals surface area contributed by atoms with Crippen LogP contribution in [0.15, 0.2) is 29.6 Å². The number of anilines is 1. The summed E-state index contributed by atoms with van der Waals surface area (Å²) in [6.07, 6.45) is -4.36. The molecule has 0 N–H and O–H groups in total. The minimum absolute atomic E-state index is 0.459. The fourth-order valence-corrected chi connectivity index (χ4v) is 3.59. The number of para-hydroxylation sites is 2. The van der Waals surface area contributed by atoms with Gasteiger partial charge >= 0.3 is 6.18 Å². The van der Waals surface area contributed by atoms with Crippen LogP contribution in [0.25, 0.3) is 0 Å². The van der Waals surface area contributed by atoms with E-state index >= 15 is 0 Å². The number of benzene rings is 1. The molecule has 1 saturated heterocycles. The standard InChI is InChI=1S/C16H18F3N3OS/c1-23-13-5-3-2-4-12(13)22-8-6-21(7-9-22)10-15-20-14(11-24-15)16(17,18)19/h2-5,11H,6-10H2,1H3. The second-order valence-electron chi connectivity index (χ2n) is 5.56. The summed E-state index contributed by atoms with van der Waals surface area (Å²) in [7, 11) is 1.65. The normalized spacial score (nSPS) is 16.4. The zero-order valence-corrected chi connectivity index (χ0v) is 14.0.